The van der Waals surface area contributed by atoms with Gasteiger partial charge in [0.15, 0.2) is 5.01 Å². The van der Waals surface area contributed by atoms with E-state index in [9.17, 15) is 18.4 Å². The third-order valence-electron chi connectivity index (χ3n) is 3.76. The van der Waals surface area contributed by atoms with Crippen LogP contribution in [0.1, 0.15) is 34.6 Å². The van der Waals surface area contributed by atoms with Gasteiger partial charge in [-0.1, -0.05) is 27.3 Å². The molecule has 1 aromatic carbocycles. The number of halogens is 3. The number of likely N-dealkylation sites (tertiary alicyclic amines) is 1. The first-order valence-corrected chi connectivity index (χ1v) is 9.05. The standard InChI is InChI=1S/C15H13BrF2N4O2S/c16-9-5-3-8(4-6-9)14(24)22-7-1-2-10(22)12(23)19-15-21-20-13(25-15)11(17)18/h3-6,10-11H,1-2,7H2,(H,19,21,23). The second-order valence-corrected chi connectivity index (χ2v) is 7.32. The lowest BCUT2D eigenvalue weighted by molar-refractivity contribution is -0.119. The summed E-state index contributed by atoms with van der Waals surface area (Å²) < 4.78 is 25.9. The first-order valence-electron chi connectivity index (χ1n) is 7.44. The average Bonchev–Trinajstić information content (AvgIpc) is 3.24. The third-order valence-corrected chi connectivity index (χ3v) is 5.14. The number of nitrogens with zero attached hydrogens (tertiary/aromatic N) is 3. The maximum Gasteiger partial charge on any atom is 0.291 e. The second kappa shape index (κ2) is 7.52. The minimum Gasteiger partial charge on any atom is -0.327 e. The average molecular weight is 431 g/mol. The van der Waals surface area contributed by atoms with Gasteiger partial charge in [-0.3, -0.25) is 14.9 Å². The van der Waals surface area contributed by atoms with Gasteiger partial charge >= 0.3 is 0 Å². The molecule has 25 heavy (non-hydrogen) atoms. The van der Waals surface area contributed by atoms with Crippen LogP contribution in [0.3, 0.4) is 0 Å². The summed E-state index contributed by atoms with van der Waals surface area (Å²) in [5.41, 5.74) is 0.485. The maximum absolute atomic E-state index is 12.6. The quantitative estimate of drug-likeness (QED) is 0.805. The van der Waals surface area contributed by atoms with Crippen LogP contribution in [-0.2, 0) is 4.79 Å². The van der Waals surface area contributed by atoms with Crippen molar-refractivity contribution in [3.05, 3.63) is 39.3 Å². The van der Waals surface area contributed by atoms with E-state index >= 15 is 0 Å². The highest BCUT2D eigenvalue weighted by Gasteiger charge is 2.35. The summed E-state index contributed by atoms with van der Waals surface area (Å²) in [7, 11) is 0. The van der Waals surface area contributed by atoms with Crippen molar-refractivity contribution < 1.29 is 18.4 Å². The molecule has 2 heterocycles. The number of hydrogen-bond acceptors (Lipinski definition) is 5. The summed E-state index contributed by atoms with van der Waals surface area (Å²) in [6.45, 7) is 0.464. The van der Waals surface area contributed by atoms with Crippen LogP contribution < -0.4 is 5.32 Å². The van der Waals surface area contributed by atoms with Gasteiger partial charge in [-0.05, 0) is 37.1 Å². The molecule has 10 heteroatoms. The summed E-state index contributed by atoms with van der Waals surface area (Å²) in [5, 5.41) is 8.88. The molecule has 1 saturated heterocycles. The van der Waals surface area contributed by atoms with Crippen molar-refractivity contribution in [2.24, 2.45) is 0 Å². The highest BCUT2D eigenvalue weighted by Crippen LogP contribution is 2.27. The lowest BCUT2D eigenvalue weighted by Crippen LogP contribution is -2.43. The van der Waals surface area contributed by atoms with E-state index in [-0.39, 0.29) is 11.0 Å². The van der Waals surface area contributed by atoms with E-state index in [0.29, 0.717) is 36.3 Å². The fourth-order valence-electron chi connectivity index (χ4n) is 2.60. The van der Waals surface area contributed by atoms with Crippen LogP contribution in [-0.4, -0.2) is 39.5 Å². The molecule has 1 aliphatic heterocycles. The smallest absolute Gasteiger partial charge is 0.291 e. The number of rotatable bonds is 4. The topological polar surface area (TPSA) is 75.2 Å². The number of aromatic nitrogens is 2. The Kier molecular flexibility index (Phi) is 5.38. The largest absolute Gasteiger partial charge is 0.327 e. The Morgan fingerprint density at radius 2 is 2.00 bits per heavy atom. The normalized spacial score (nSPS) is 17.1. The van der Waals surface area contributed by atoms with Gasteiger partial charge in [-0.2, -0.15) is 0 Å². The first-order chi connectivity index (χ1) is 12.0. The van der Waals surface area contributed by atoms with Crippen LogP contribution >= 0.6 is 27.3 Å². The molecule has 1 unspecified atom stereocenters. The summed E-state index contributed by atoms with van der Waals surface area (Å²) in [6, 6.07) is 6.21. The number of benzene rings is 1. The van der Waals surface area contributed by atoms with E-state index in [1.807, 2.05) is 0 Å². The maximum atomic E-state index is 12.6. The van der Waals surface area contributed by atoms with Gasteiger partial charge in [0.1, 0.15) is 6.04 Å². The number of hydrogen-bond donors (Lipinski definition) is 1. The fraction of sp³-hybridized carbons (Fsp3) is 0.333. The van der Waals surface area contributed by atoms with Crippen molar-refractivity contribution in [3.63, 3.8) is 0 Å². The minimum absolute atomic E-state index is 0.00300. The van der Waals surface area contributed by atoms with Crippen molar-refractivity contribution in [1.82, 2.24) is 15.1 Å². The fourth-order valence-corrected chi connectivity index (χ4v) is 3.47. The molecular weight excluding hydrogens is 418 g/mol. The molecule has 1 fully saturated rings. The zero-order valence-electron chi connectivity index (χ0n) is 12.8. The molecule has 1 N–H and O–H groups in total. The molecule has 2 aromatic rings. The van der Waals surface area contributed by atoms with E-state index in [1.165, 1.54) is 4.90 Å². The minimum atomic E-state index is -2.73. The van der Waals surface area contributed by atoms with Gasteiger partial charge in [0.25, 0.3) is 12.3 Å². The third kappa shape index (κ3) is 4.01. The highest BCUT2D eigenvalue weighted by molar-refractivity contribution is 9.10. The summed E-state index contributed by atoms with van der Waals surface area (Å²) in [4.78, 5) is 26.6. The van der Waals surface area contributed by atoms with E-state index in [0.717, 1.165) is 4.47 Å². The number of amides is 2. The van der Waals surface area contributed by atoms with Crippen LogP contribution in [0.25, 0.3) is 0 Å². The number of nitrogens with one attached hydrogen (secondary N) is 1. The number of carbonyl (C=O) groups is 2. The molecule has 0 spiro atoms. The van der Waals surface area contributed by atoms with Crippen molar-refractivity contribution in [1.29, 1.82) is 0 Å². The zero-order chi connectivity index (χ0) is 18.0. The molecule has 132 valence electrons. The molecule has 0 aliphatic carbocycles. The van der Waals surface area contributed by atoms with Crippen molar-refractivity contribution in [3.8, 4) is 0 Å². The first kappa shape index (κ1) is 17.9. The van der Waals surface area contributed by atoms with Crippen LogP contribution in [0, 0.1) is 0 Å². The molecular formula is C15H13BrF2N4O2S. The Labute approximate surface area is 154 Å². The predicted molar refractivity (Wildman–Crippen MR) is 91.7 cm³/mol. The molecule has 0 saturated carbocycles. The molecule has 0 radical (unpaired) electrons. The van der Waals surface area contributed by atoms with Crippen molar-refractivity contribution in [2.75, 3.05) is 11.9 Å². The van der Waals surface area contributed by atoms with Crippen molar-refractivity contribution in [2.45, 2.75) is 25.3 Å². The number of carbonyl (C=O) groups excluding carboxylic acids is 2. The molecule has 0 bridgehead atoms. The van der Waals surface area contributed by atoms with Gasteiger partial charge in [-0.15, -0.1) is 10.2 Å². The molecule has 3 rings (SSSR count). The van der Waals surface area contributed by atoms with Crippen LogP contribution in [0.4, 0.5) is 13.9 Å². The monoisotopic (exact) mass is 430 g/mol. The number of anilines is 1. The van der Waals surface area contributed by atoms with E-state index in [1.54, 1.807) is 24.3 Å². The molecule has 1 aromatic heterocycles. The van der Waals surface area contributed by atoms with Gasteiger partial charge < -0.3 is 4.90 Å². The van der Waals surface area contributed by atoms with E-state index in [4.69, 9.17) is 0 Å². The lowest BCUT2D eigenvalue weighted by Gasteiger charge is -2.23. The Morgan fingerprint density at radius 3 is 2.64 bits per heavy atom. The highest BCUT2D eigenvalue weighted by atomic mass is 79.9. The van der Waals surface area contributed by atoms with E-state index in [2.05, 4.69) is 31.4 Å². The number of alkyl halides is 2. The van der Waals surface area contributed by atoms with Gasteiger partial charge in [0.2, 0.25) is 11.0 Å². The van der Waals surface area contributed by atoms with Crippen LogP contribution in [0.2, 0.25) is 0 Å². The summed E-state index contributed by atoms with van der Waals surface area (Å²) in [6.07, 6.45) is -1.53. The molecule has 2 amide bonds. The van der Waals surface area contributed by atoms with Crippen LogP contribution in [0.15, 0.2) is 28.7 Å². The Morgan fingerprint density at radius 1 is 1.28 bits per heavy atom. The Hall–Kier alpha value is -1.94. The molecule has 1 aliphatic rings. The summed E-state index contributed by atoms with van der Waals surface area (Å²) >= 11 is 3.93. The van der Waals surface area contributed by atoms with Gasteiger partial charge in [0.05, 0.1) is 0 Å². The zero-order valence-corrected chi connectivity index (χ0v) is 15.2. The van der Waals surface area contributed by atoms with Gasteiger partial charge in [-0.25, -0.2) is 8.78 Å². The summed E-state index contributed by atoms with van der Waals surface area (Å²) in [5.74, 6) is -0.685. The Bertz CT molecular complexity index is 784. The molecule has 1 atom stereocenters. The van der Waals surface area contributed by atoms with E-state index < -0.39 is 23.4 Å². The predicted octanol–water partition coefficient (Wildman–Crippen LogP) is 3.48. The molecule has 6 nitrogen and oxygen atoms in total. The van der Waals surface area contributed by atoms with Crippen molar-refractivity contribution >= 4 is 44.2 Å². The van der Waals surface area contributed by atoms with Crippen LogP contribution in [0.5, 0.6) is 0 Å². The Balaban J connectivity index is 1.70. The SMILES string of the molecule is O=C(Nc1nnc(C(F)F)s1)C1CCCN1C(=O)c1ccc(Br)cc1. The van der Waals surface area contributed by atoms with Gasteiger partial charge in [0, 0.05) is 16.6 Å². The lowest BCUT2D eigenvalue weighted by atomic mass is 10.1. The second-order valence-electron chi connectivity index (χ2n) is 5.40.